The molecule has 7 N–H and O–H groups in total. The first-order valence-corrected chi connectivity index (χ1v) is 41.9. The van der Waals surface area contributed by atoms with Crippen LogP contribution in [0.4, 0.5) is 5.95 Å². The molecule has 5 aromatic heterocycles. The highest BCUT2D eigenvalue weighted by Gasteiger charge is 2.52. The summed E-state index contributed by atoms with van der Waals surface area (Å²) in [5.74, 6) is -0.265. The summed E-state index contributed by atoms with van der Waals surface area (Å²) in [5.41, 5.74) is -0.176. The smallest absolute Gasteiger partial charge is 0.330 e. The van der Waals surface area contributed by atoms with Crippen molar-refractivity contribution in [3.63, 3.8) is 0 Å². The lowest BCUT2D eigenvalue weighted by Gasteiger charge is -2.37. The van der Waals surface area contributed by atoms with E-state index in [4.69, 9.17) is 139 Å². The third-order valence-corrected chi connectivity index (χ3v) is 23.0. The van der Waals surface area contributed by atoms with Gasteiger partial charge in [-0.05, 0) is 41.0 Å². The van der Waals surface area contributed by atoms with Gasteiger partial charge in [0.1, 0.15) is 88.2 Å². The summed E-state index contributed by atoms with van der Waals surface area (Å²) >= 11 is 26.4. The zero-order valence-corrected chi connectivity index (χ0v) is 60.8. The quantitative estimate of drug-likeness (QED) is 0.0143. The number of anilines is 1. The molecule has 0 radical (unpaired) electrons. The Kier molecular flexibility index (Phi) is 25.9. The molecule has 0 bridgehead atoms. The molecule has 0 saturated carbocycles. The number of methoxy groups -OCH3 is 2. The molecule has 4 fully saturated rings. The first-order chi connectivity index (χ1) is 45.9. The summed E-state index contributed by atoms with van der Waals surface area (Å²) in [5, 5.41) is 9.30. The number of hydrogen-bond acceptors (Lipinski definition) is 37. The van der Waals surface area contributed by atoms with Gasteiger partial charge in [-0.15, -0.1) is 0 Å². The average Bonchev–Trinajstić information content (AvgIpc) is 1.63. The zero-order chi connectivity index (χ0) is 71.7. The Morgan fingerprint density at radius 3 is 1.52 bits per heavy atom. The number of nitrogen functional groups attached to an aromatic ring is 1. The number of imidazole rings is 1. The van der Waals surface area contributed by atoms with Gasteiger partial charge in [0.25, 0.3) is 22.2 Å². The van der Waals surface area contributed by atoms with E-state index in [-0.39, 0.29) is 59.9 Å². The number of nitrogens with one attached hydrogen (secondary N) is 4. The first-order valence-electron chi connectivity index (χ1n) is 29.1. The van der Waals surface area contributed by atoms with Crippen molar-refractivity contribution in [3.05, 3.63) is 114 Å². The second-order valence-electron chi connectivity index (χ2n) is 22.4. The highest BCUT2D eigenvalue weighted by Crippen LogP contribution is 2.54. The molecule has 9 rings (SSSR count). The normalized spacial score (nSPS) is 29.0. The topological polar surface area (TPSA) is 531 Å². The number of nitrogens with two attached hydrogens (primary N) is 1. The lowest BCUT2D eigenvalue weighted by atomic mass is 10.1. The lowest BCUT2D eigenvalue weighted by Crippen LogP contribution is -2.42. The van der Waals surface area contributed by atoms with E-state index in [2.05, 4.69) is 29.9 Å². The fourth-order valence-corrected chi connectivity index (χ4v) is 18.0. The van der Waals surface area contributed by atoms with Crippen molar-refractivity contribution in [2.75, 3.05) is 59.6 Å². The standard InChI is InChI=1S/C48H70N11O29P5S5/c1-21(2)84-90(69,95)76-16-28-26(12-32(81-28)59-20-50-33-38(59)51-45(49)52-42(33)64)86-91(70,96)77-17-27-25(11-31(80-27)56-13-22(3)39(61)53-46(56)65)85-92(71,97)78-18-29-35(37(74-7)44(82-29)58-15-24(5)41(63)55-48(58)67)88-93(72,98)79-19-30-34(87-89(68,94)75-10-8-9-60)36(73-6)43(83-30)57-14-23(4)40(62)54-47(57)66/h13-15,20-21,25-32,34-37,43-44,60H,8-12,16-19H2,1-7H3,(H,68,94)(H,69,95)(H,70,96)(H,71,97)(H,72,98)(H,53,61,65)(H,54,62,66)(H,55,63,67)(H3,49,51,52,64)/p-5/t25?,26?,27-,28-,29-,30-,31-,32-,34?,35?,36+,37+,43-,44-,89?,90?,91?,92?,93?/m1/s1. The van der Waals surface area contributed by atoms with Crippen LogP contribution in [0.2, 0.25) is 0 Å². The molecule has 0 spiro atoms. The summed E-state index contributed by atoms with van der Waals surface area (Å²) in [6.07, 6.45) is -17.7. The molecule has 546 valence electrons. The molecule has 4 saturated heterocycles. The van der Waals surface area contributed by atoms with Crippen molar-refractivity contribution >= 4 is 110 Å². The van der Waals surface area contributed by atoms with Gasteiger partial charge in [-0.3, -0.25) is 61.9 Å². The van der Waals surface area contributed by atoms with Gasteiger partial charge in [0, 0.05) is 68.9 Å². The number of aliphatic hydroxyl groups excluding tert-OH is 1. The lowest BCUT2D eigenvalue weighted by molar-refractivity contribution is -0.222. The third kappa shape index (κ3) is 19.3. The fourth-order valence-electron chi connectivity index (χ4n) is 10.6. The molecule has 9 heterocycles. The van der Waals surface area contributed by atoms with Crippen molar-refractivity contribution in [3.8, 4) is 0 Å². The molecule has 5 aromatic rings. The molecule has 98 heavy (non-hydrogen) atoms. The number of nitrogens with zero attached hydrogens (tertiary/aromatic N) is 6. The van der Waals surface area contributed by atoms with Gasteiger partial charge in [0.15, 0.2) is 30.4 Å². The van der Waals surface area contributed by atoms with E-state index in [0.717, 1.165) is 39.4 Å². The maximum atomic E-state index is 14.6. The van der Waals surface area contributed by atoms with Crippen LogP contribution < -0.4 is 64.6 Å². The Labute approximate surface area is 578 Å². The SMILES string of the molecule is CO[C@H]1C(OP([O-])(=S)OC[C@H]2O[C@@H](n3cc(C)c(=O)[nH]c3=O)[C@@H](OC)C2OP([O-])(=S)OCCCO)[C@@H](COP([O-])(=S)OC2C[C@H](n3cc(C)c(=O)[nH]c3=O)O[C@@H]2COP(=O)([S-])OC2C[C@H](n3cnc4c(=O)[nH]c(N)nc43)O[C@@H]2COP([O-])(=S)OC(C)C)O[C@H]1n1cc(C)c(=O)[nH]c1=O. The molecule has 19 atom stereocenters. The summed E-state index contributed by atoms with van der Waals surface area (Å²) in [6, 6.07) is 0. The number of H-pyrrole nitrogens is 4. The number of rotatable bonds is 32. The highest BCUT2D eigenvalue weighted by molar-refractivity contribution is 8.32. The third-order valence-electron chi connectivity index (χ3n) is 15.0. The summed E-state index contributed by atoms with van der Waals surface area (Å²) in [6.45, 7) is -20.3. The second-order valence-corrected chi connectivity index (χ2v) is 35.9. The van der Waals surface area contributed by atoms with E-state index in [1.54, 1.807) is 13.8 Å². The number of fused-ring (bicyclic) bond motifs is 1. The molecular weight excluding hydrogens is 1510 g/mol. The van der Waals surface area contributed by atoms with Crippen molar-refractivity contribution in [2.24, 2.45) is 0 Å². The van der Waals surface area contributed by atoms with Gasteiger partial charge in [0.05, 0.1) is 57.7 Å². The largest absolute Gasteiger partial charge is 0.780 e. The highest BCUT2D eigenvalue weighted by atomic mass is 32.7. The van der Waals surface area contributed by atoms with E-state index in [0.29, 0.717) is 0 Å². The van der Waals surface area contributed by atoms with Gasteiger partial charge in [0.2, 0.25) is 5.95 Å². The Balaban J connectivity index is 0.953. The van der Waals surface area contributed by atoms with Crippen molar-refractivity contribution in [2.45, 2.75) is 146 Å². The van der Waals surface area contributed by atoms with E-state index in [1.165, 1.54) is 38.8 Å². The van der Waals surface area contributed by atoms with Crippen LogP contribution in [0.25, 0.3) is 11.2 Å². The van der Waals surface area contributed by atoms with E-state index in [1.807, 2.05) is 0 Å². The molecule has 40 nitrogen and oxygen atoms in total. The number of hydrogen-bond donors (Lipinski definition) is 6. The van der Waals surface area contributed by atoms with Crippen molar-refractivity contribution < 1.29 is 103 Å². The molecule has 0 amide bonds. The van der Waals surface area contributed by atoms with Crippen LogP contribution >= 0.6 is 33.7 Å². The van der Waals surface area contributed by atoms with Crippen LogP contribution in [-0.2, 0) is 138 Å². The molecule has 9 unspecified atom stereocenters. The molecule has 4 aliphatic heterocycles. The Morgan fingerprint density at radius 1 is 0.602 bits per heavy atom. The Morgan fingerprint density at radius 2 is 1.03 bits per heavy atom. The van der Waals surface area contributed by atoms with Crippen LogP contribution in [0, 0.1) is 20.8 Å². The monoisotopic (exact) mass is 1570 g/mol. The van der Waals surface area contributed by atoms with E-state index < -0.39 is 198 Å². The van der Waals surface area contributed by atoms with Crippen molar-refractivity contribution in [1.82, 2.24) is 48.2 Å². The van der Waals surface area contributed by atoms with Crippen LogP contribution in [0.3, 0.4) is 0 Å². The van der Waals surface area contributed by atoms with Crippen LogP contribution in [0.1, 0.15) is 74.7 Å². The number of aromatic amines is 4. The average molecular weight is 1580 g/mol. The fraction of sp³-hybridized carbons (Fsp3) is 0.646. The predicted molar refractivity (Wildman–Crippen MR) is 346 cm³/mol. The minimum Gasteiger partial charge on any atom is -0.780 e. The number of aliphatic hydroxyl groups is 1. The molecular formula is C48H65N11O29P5S5-5. The predicted octanol–water partition coefficient (Wildman–Crippen LogP) is -2.90. The van der Waals surface area contributed by atoms with Gasteiger partial charge < -0.3 is 116 Å². The van der Waals surface area contributed by atoms with Crippen LogP contribution in [0.15, 0.2) is 58.5 Å². The molecule has 0 aromatic carbocycles. The molecule has 50 heteroatoms. The first kappa shape index (κ1) is 78.7. The van der Waals surface area contributed by atoms with Gasteiger partial charge in [-0.2, -0.15) is 4.98 Å². The van der Waals surface area contributed by atoms with Gasteiger partial charge in [-0.25, -0.2) is 19.4 Å². The molecule has 0 aliphatic carbocycles. The maximum Gasteiger partial charge on any atom is 0.330 e. The maximum absolute atomic E-state index is 14.6. The number of aromatic nitrogens is 10. The van der Waals surface area contributed by atoms with Crippen LogP contribution in [-0.4, -0.2) is 174 Å². The van der Waals surface area contributed by atoms with Gasteiger partial charge in [-0.1, -0.05) is 47.2 Å². The summed E-state index contributed by atoms with van der Waals surface area (Å²) in [4.78, 5) is 163. The van der Waals surface area contributed by atoms with E-state index in [9.17, 15) is 62.8 Å². The zero-order valence-electron chi connectivity index (χ0n) is 52.2. The minimum atomic E-state index is -5.02. The molecule has 4 aliphatic rings. The second kappa shape index (κ2) is 32.3. The Bertz CT molecular complexity index is 4420. The summed E-state index contributed by atoms with van der Waals surface area (Å²) in [7, 11) is 2.29. The number of aryl methyl sites for hydroxylation is 3. The minimum absolute atomic E-state index is 0.00540. The Hall–Kier alpha value is -3.47. The van der Waals surface area contributed by atoms with E-state index >= 15 is 0 Å². The van der Waals surface area contributed by atoms with Gasteiger partial charge >= 0.3 is 17.1 Å². The summed E-state index contributed by atoms with van der Waals surface area (Å²) < 4.78 is 111. The van der Waals surface area contributed by atoms with Crippen molar-refractivity contribution in [1.29, 1.82) is 0 Å². The number of ether oxygens (including phenoxy) is 6. The van der Waals surface area contributed by atoms with Crippen LogP contribution in [0.5, 0.6) is 0 Å².